The van der Waals surface area contributed by atoms with Gasteiger partial charge in [0.25, 0.3) is 0 Å². The van der Waals surface area contributed by atoms with Crippen molar-refractivity contribution in [3.63, 3.8) is 0 Å². The molecular weight excluding hydrogens is 238 g/mol. The number of nitriles is 1. The van der Waals surface area contributed by atoms with Gasteiger partial charge in [0.1, 0.15) is 0 Å². The average Bonchev–Trinajstić information content (AvgIpc) is 2.25. The van der Waals surface area contributed by atoms with Gasteiger partial charge >= 0.3 is 0 Å². The molecule has 1 aromatic carbocycles. The lowest BCUT2D eigenvalue weighted by molar-refractivity contribution is 0.475. The van der Waals surface area contributed by atoms with Gasteiger partial charge in [0.15, 0.2) is 0 Å². The Balaban J connectivity index is 2.76. The van der Waals surface area contributed by atoms with Crippen molar-refractivity contribution >= 4 is 15.7 Å². The molecule has 0 spiro atoms. The van der Waals surface area contributed by atoms with Crippen molar-refractivity contribution in [2.45, 2.75) is 12.2 Å². The van der Waals surface area contributed by atoms with E-state index in [0.717, 1.165) is 0 Å². The van der Waals surface area contributed by atoms with E-state index in [1.54, 1.807) is 24.3 Å². The number of nitrogen functional groups attached to an aromatic ring is 1. The fraction of sp³-hybridized carbons (Fsp3) is 0.364. The molecule has 2 N–H and O–H groups in total. The van der Waals surface area contributed by atoms with Crippen molar-refractivity contribution in [2.75, 3.05) is 19.3 Å². The Bertz CT molecular complexity index is 520. The first-order valence-corrected chi connectivity index (χ1v) is 6.72. The second-order valence-electron chi connectivity index (χ2n) is 3.73. The van der Waals surface area contributed by atoms with Crippen LogP contribution in [-0.4, -0.2) is 26.3 Å². The third-order valence-electron chi connectivity index (χ3n) is 2.31. The Morgan fingerprint density at radius 1 is 1.47 bits per heavy atom. The van der Waals surface area contributed by atoms with E-state index in [1.807, 2.05) is 6.07 Å². The van der Waals surface area contributed by atoms with Crippen LogP contribution in [0.25, 0.3) is 0 Å². The predicted molar refractivity (Wildman–Crippen MR) is 66.3 cm³/mol. The number of rotatable bonds is 5. The van der Waals surface area contributed by atoms with Crippen LogP contribution < -0.4 is 5.73 Å². The summed E-state index contributed by atoms with van der Waals surface area (Å²) in [6.45, 7) is 0.209. The molecule has 0 radical (unpaired) electrons. The standard InChI is InChI=1S/C11H15N3O2S/c1-14(7-3-6-12)17(15,16)9-10-4-2-5-11(13)8-10/h2,4-5,8H,3,7,9,13H2,1H3. The van der Waals surface area contributed by atoms with Gasteiger partial charge in [-0.15, -0.1) is 0 Å². The van der Waals surface area contributed by atoms with Crippen LogP contribution in [0.2, 0.25) is 0 Å². The lowest BCUT2D eigenvalue weighted by atomic mass is 10.2. The Morgan fingerprint density at radius 2 is 2.18 bits per heavy atom. The minimum absolute atomic E-state index is 0.0973. The van der Waals surface area contributed by atoms with Crippen molar-refractivity contribution in [3.05, 3.63) is 29.8 Å². The molecule has 5 nitrogen and oxygen atoms in total. The molecule has 0 fully saturated rings. The molecule has 0 aliphatic carbocycles. The molecule has 0 aliphatic heterocycles. The van der Waals surface area contributed by atoms with Gasteiger partial charge in [-0.25, -0.2) is 12.7 Å². The first-order valence-electron chi connectivity index (χ1n) is 5.11. The van der Waals surface area contributed by atoms with Crippen LogP contribution in [0, 0.1) is 11.3 Å². The zero-order valence-corrected chi connectivity index (χ0v) is 10.4. The van der Waals surface area contributed by atoms with E-state index in [0.29, 0.717) is 11.3 Å². The molecule has 6 heteroatoms. The molecule has 1 rings (SSSR count). The average molecular weight is 253 g/mol. The van der Waals surface area contributed by atoms with Crippen LogP contribution in [0.4, 0.5) is 5.69 Å². The summed E-state index contributed by atoms with van der Waals surface area (Å²) < 4.78 is 25.0. The van der Waals surface area contributed by atoms with Crippen LogP contribution in [0.1, 0.15) is 12.0 Å². The minimum atomic E-state index is -3.38. The molecule has 0 heterocycles. The predicted octanol–water partition coefficient (Wildman–Crippen LogP) is 0.944. The normalized spacial score (nSPS) is 11.4. The summed E-state index contributed by atoms with van der Waals surface area (Å²) in [4.78, 5) is 0. The Kier molecular flexibility index (Phi) is 4.49. The van der Waals surface area contributed by atoms with Crippen molar-refractivity contribution in [2.24, 2.45) is 0 Å². The highest BCUT2D eigenvalue weighted by Crippen LogP contribution is 2.12. The molecule has 0 atom stereocenters. The zero-order chi connectivity index (χ0) is 12.9. The Labute approximate surface area is 102 Å². The molecule has 92 valence electrons. The van der Waals surface area contributed by atoms with Crippen LogP contribution in [0.3, 0.4) is 0 Å². The molecule has 0 aliphatic rings. The van der Waals surface area contributed by atoms with E-state index in [1.165, 1.54) is 11.4 Å². The molecule has 0 aromatic heterocycles. The van der Waals surface area contributed by atoms with E-state index in [2.05, 4.69) is 0 Å². The molecule has 0 bridgehead atoms. The maximum Gasteiger partial charge on any atom is 0.218 e. The Hall–Kier alpha value is -1.58. The molecule has 0 saturated heterocycles. The molecular formula is C11H15N3O2S. The van der Waals surface area contributed by atoms with Crippen LogP contribution in [-0.2, 0) is 15.8 Å². The van der Waals surface area contributed by atoms with Crippen molar-refractivity contribution < 1.29 is 8.42 Å². The Morgan fingerprint density at radius 3 is 2.76 bits per heavy atom. The molecule has 0 unspecified atom stereocenters. The minimum Gasteiger partial charge on any atom is -0.399 e. The number of hydrogen-bond donors (Lipinski definition) is 1. The summed E-state index contributed by atoms with van der Waals surface area (Å²) in [5, 5.41) is 8.42. The summed E-state index contributed by atoms with van der Waals surface area (Å²) in [6.07, 6.45) is 0.187. The largest absolute Gasteiger partial charge is 0.399 e. The van der Waals surface area contributed by atoms with Gasteiger partial charge in [0, 0.05) is 25.7 Å². The second kappa shape index (κ2) is 5.66. The molecule has 0 saturated carbocycles. The third-order valence-corrected chi connectivity index (χ3v) is 4.14. The van der Waals surface area contributed by atoms with Gasteiger partial charge in [-0.05, 0) is 17.7 Å². The molecule has 17 heavy (non-hydrogen) atoms. The first kappa shape index (κ1) is 13.5. The van der Waals surface area contributed by atoms with E-state index in [9.17, 15) is 8.42 Å². The second-order valence-corrected chi connectivity index (χ2v) is 5.81. The number of nitrogens with zero attached hydrogens (tertiary/aromatic N) is 2. The number of sulfonamides is 1. The van der Waals surface area contributed by atoms with Crippen molar-refractivity contribution in [1.82, 2.24) is 4.31 Å². The van der Waals surface area contributed by atoms with Gasteiger partial charge in [-0.3, -0.25) is 0 Å². The highest BCUT2D eigenvalue weighted by Gasteiger charge is 2.17. The van der Waals surface area contributed by atoms with Crippen LogP contribution in [0.15, 0.2) is 24.3 Å². The zero-order valence-electron chi connectivity index (χ0n) is 9.63. The van der Waals surface area contributed by atoms with E-state index >= 15 is 0 Å². The van der Waals surface area contributed by atoms with Crippen LogP contribution in [0.5, 0.6) is 0 Å². The van der Waals surface area contributed by atoms with Gasteiger partial charge in [0.2, 0.25) is 10.0 Å². The number of nitrogens with two attached hydrogens (primary N) is 1. The first-order chi connectivity index (χ1) is 7.95. The SMILES string of the molecule is CN(CCC#N)S(=O)(=O)Cc1cccc(N)c1. The fourth-order valence-corrected chi connectivity index (χ4v) is 2.54. The van der Waals surface area contributed by atoms with Gasteiger partial charge in [-0.2, -0.15) is 5.26 Å². The fourth-order valence-electron chi connectivity index (χ4n) is 1.35. The highest BCUT2D eigenvalue weighted by atomic mass is 32.2. The summed E-state index contributed by atoms with van der Waals surface area (Å²) in [7, 11) is -1.90. The van der Waals surface area contributed by atoms with Crippen molar-refractivity contribution in [3.8, 4) is 6.07 Å². The highest BCUT2D eigenvalue weighted by molar-refractivity contribution is 7.88. The molecule has 1 aromatic rings. The molecule has 0 amide bonds. The van der Waals surface area contributed by atoms with Gasteiger partial charge in [-0.1, -0.05) is 12.1 Å². The van der Waals surface area contributed by atoms with Gasteiger partial charge in [0.05, 0.1) is 11.8 Å². The summed E-state index contributed by atoms with van der Waals surface area (Å²) >= 11 is 0. The number of hydrogen-bond acceptors (Lipinski definition) is 4. The van der Waals surface area contributed by atoms with E-state index in [4.69, 9.17) is 11.0 Å². The lowest BCUT2D eigenvalue weighted by Crippen LogP contribution is -2.29. The van der Waals surface area contributed by atoms with E-state index in [-0.39, 0.29) is 18.7 Å². The topological polar surface area (TPSA) is 87.2 Å². The third kappa shape index (κ3) is 4.06. The number of benzene rings is 1. The quantitative estimate of drug-likeness (QED) is 0.791. The monoisotopic (exact) mass is 253 g/mol. The lowest BCUT2D eigenvalue weighted by Gasteiger charge is -2.15. The van der Waals surface area contributed by atoms with Crippen molar-refractivity contribution in [1.29, 1.82) is 5.26 Å². The number of anilines is 1. The maximum atomic E-state index is 11.9. The summed E-state index contributed by atoms with van der Waals surface area (Å²) in [6, 6.07) is 8.69. The van der Waals surface area contributed by atoms with E-state index < -0.39 is 10.0 Å². The van der Waals surface area contributed by atoms with Crippen LogP contribution >= 0.6 is 0 Å². The van der Waals surface area contributed by atoms with Gasteiger partial charge < -0.3 is 5.73 Å². The summed E-state index contributed by atoms with van der Waals surface area (Å²) in [5.41, 5.74) is 6.77. The summed E-state index contributed by atoms with van der Waals surface area (Å²) in [5.74, 6) is -0.0973. The maximum absolute atomic E-state index is 11.9. The smallest absolute Gasteiger partial charge is 0.218 e.